The standard InChI is InChI=1S/C18H17NO/c1-11-8-13(3)17-15(9-11)16(10-20)18(19-17)14-7-5-4-6-12(14)2/h4-10,19H,1-3H3. The van der Waals surface area contributed by atoms with E-state index in [0.29, 0.717) is 0 Å². The van der Waals surface area contributed by atoms with Gasteiger partial charge in [0, 0.05) is 22.0 Å². The summed E-state index contributed by atoms with van der Waals surface area (Å²) in [5.41, 5.74) is 7.31. The van der Waals surface area contributed by atoms with Crippen LogP contribution < -0.4 is 0 Å². The fourth-order valence-electron chi connectivity index (χ4n) is 2.86. The van der Waals surface area contributed by atoms with Gasteiger partial charge in [-0.1, -0.05) is 35.9 Å². The third-order valence-electron chi connectivity index (χ3n) is 3.82. The first-order valence-corrected chi connectivity index (χ1v) is 6.76. The number of fused-ring (bicyclic) bond motifs is 1. The molecule has 0 aliphatic rings. The number of nitrogens with one attached hydrogen (secondary N) is 1. The van der Waals surface area contributed by atoms with Crippen LogP contribution >= 0.6 is 0 Å². The van der Waals surface area contributed by atoms with Gasteiger partial charge in [0.25, 0.3) is 0 Å². The van der Waals surface area contributed by atoms with E-state index in [0.717, 1.165) is 39.6 Å². The molecule has 100 valence electrons. The molecule has 2 heteroatoms. The van der Waals surface area contributed by atoms with Crippen molar-refractivity contribution in [3.63, 3.8) is 0 Å². The molecular weight excluding hydrogens is 246 g/mol. The van der Waals surface area contributed by atoms with Gasteiger partial charge in [-0.05, 0) is 38.0 Å². The second-order valence-corrected chi connectivity index (χ2v) is 5.35. The van der Waals surface area contributed by atoms with Gasteiger partial charge in [-0.15, -0.1) is 0 Å². The Morgan fingerprint density at radius 1 is 1.00 bits per heavy atom. The van der Waals surface area contributed by atoms with Crippen molar-refractivity contribution >= 4 is 17.2 Å². The summed E-state index contributed by atoms with van der Waals surface area (Å²) < 4.78 is 0. The molecule has 0 spiro atoms. The highest BCUT2D eigenvalue weighted by atomic mass is 16.1. The van der Waals surface area contributed by atoms with Crippen LogP contribution in [0.2, 0.25) is 0 Å². The number of carbonyl (C=O) groups is 1. The quantitative estimate of drug-likeness (QED) is 0.675. The van der Waals surface area contributed by atoms with E-state index in [1.165, 1.54) is 11.1 Å². The zero-order valence-electron chi connectivity index (χ0n) is 11.9. The summed E-state index contributed by atoms with van der Waals surface area (Å²) in [4.78, 5) is 15.0. The molecule has 1 heterocycles. The number of hydrogen-bond donors (Lipinski definition) is 1. The first-order chi connectivity index (χ1) is 9.61. The summed E-state index contributed by atoms with van der Waals surface area (Å²) in [5, 5.41) is 1.01. The van der Waals surface area contributed by atoms with E-state index in [2.05, 4.69) is 50.0 Å². The highest BCUT2D eigenvalue weighted by molar-refractivity contribution is 6.05. The Balaban J connectivity index is 2.40. The Morgan fingerprint density at radius 2 is 1.75 bits per heavy atom. The van der Waals surface area contributed by atoms with E-state index in [-0.39, 0.29) is 0 Å². The second kappa shape index (κ2) is 4.64. The van der Waals surface area contributed by atoms with Gasteiger partial charge in [0.2, 0.25) is 0 Å². The Hall–Kier alpha value is -2.35. The van der Waals surface area contributed by atoms with Crippen LogP contribution in [0.1, 0.15) is 27.0 Å². The average Bonchev–Trinajstić information content (AvgIpc) is 2.77. The summed E-state index contributed by atoms with van der Waals surface area (Å²) >= 11 is 0. The highest BCUT2D eigenvalue weighted by Crippen LogP contribution is 2.32. The normalized spacial score (nSPS) is 10.9. The molecule has 20 heavy (non-hydrogen) atoms. The third kappa shape index (κ3) is 1.85. The molecule has 0 atom stereocenters. The van der Waals surface area contributed by atoms with Crippen molar-refractivity contribution in [1.29, 1.82) is 0 Å². The topological polar surface area (TPSA) is 32.9 Å². The number of carbonyl (C=O) groups excluding carboxylic acids is 1. The lowest BCUT2D eigenvalue weighted by Gasteiger charge is -2.03. The lowest BCUT2D eigenvalue weighted by Crippen LogP contribution is -1.87. The number of aromatic amines is 1. The molecule has 0 bridgehead atoms. The largest absolute Gasteiger partial charge is 0.354 e. The molecule has 3 rings (SSSR count). The SMILES string of the molecule is Cc1cc(C)c2[nH]c(-c3ccccc3C)c(C=O)c2c1. The molecule has 0 saturated heterocycles. The number of hydrogen-bond acceptors (Lipinski definition) is 1. The third-order valence-corrected chi connectivity index (χ3v) is 3.82. The molecule has 1 N–H and O–H groups in total. The minimum absolute atomic E-state index is 0.751. The van der Waals surface area contributed by atoms with Crippen LogP contribution in [0.4, 0.5) is 0 Å². The van der Waals surface area contributed by atoms with Gasteiger partial charge < -0.3 is 4.98 Å². The van der Waals surface area contributed by atoms with Crippen LogP contribution in [0.25, 0.3) is 22.2 Å². The number of aryl methyl sites for hydroxylation is 3. The highest BCUT2D eigenvalue weighted by Gasteiger charge is 2.15. The number of aromatic nitrogens is 1. The number of rotatable bonds is 2. The molecule has 2 aromatic carbocycles. The molecule has 0 radical (unpaired) electrons. The summed E-state index contributed by atoms with van der Waals surface area (Å²) in [6.07, 6.45) is 0.958. The summed E-state index contributed by atoms with van der Waals surface area (Å²) in [7, 11) is 0. The summed E-state index contributed by atoms with van der Waals surface area (Å²) in [5.74, 6) is 0. The van der Waals surface area contributed by atoms with Gasteiger partial charge in [0.1, 0.15) is 0 Å². The van der Waals surface area contributed by atoms with Gasteiger partial charge in [-0.2, -0.15) is 0 Å². The van der Waals surface area contributed by atoms with E-state index < -0.39 is 0 Å². The fourth-order valence-corrected chi connectivity index (χ4v) is 2.86. The Labute approximate surface area is 118 Å². The molecule has 0 aliphatic carbocycles. The zero-order chi connectivity index (χ0) is 14.3. The van der Waals surface area contributed by atoms with Crippen molar-refractivity contribution in [1.82, 2.24) is 4.98 Å². The molecular formula is C18H17NO. The maximum Gasteiger partial charge on any atom is 0.152 e. The molecule has 0 aliphatic heterocycles. The van der Waals surface area contributed by atoms with E-state index in [1.807, 2.05) is 12.1 Å². The minimum atomic E-state index is 0.751. The van der Waals surface area contributed by atoms with Crippen LogP contribution in [-0.4, -0.2) is 11.3 Å². The van der Waals surface area contributed by atoms with Crippen molar-refractivity contribution in [2.45, 2.75) is 20.8 Å². The maximum absolute atomic E-state index is 11.6. The van der Waals surface area contributed by atoms with E-state index in [1.54, 1.807) is 0 Å². The molecule has 0 unspecified atom stereocenters. The maximum atomic E-state index is 11.6. The summed E-state index contributed by atoms with van der Waals surface area (Å²) in [6, 6.07) is 12.3. The first-order valence-electron chi connectivity index (χ1n) is 6.76. The van der Waals surface area contributed by atoms with Gasteiger partial charge in [-0.3, -0.25) is 4.79 Å². The Bertz CT molecular complexity index is 812. The molecule has 1 aromatic heterocycles. The molecule has 0 fully saturated rings. The second-order valence-electron chi connectivity index (χ2n) is 5.35. The number of H-pyrrole nitrogens is 1. The van der Waals surface area contributed by atoms with Crippen LogP contribution in [0, 0.1) is 20.8 Å². The van der Waals surface area contributed by atoms with E-state index in [4.69, 9.17) is 0 Å². The van der Waals surface area contributed by atoms with Crippen LogP contribution in [0.15, 0.2) is 36.4 Å². The van der Waals surface area contributed by atoms with E-state index in [9.17, 15) is 4.79 Å². The average molecular weight is 263 g/mol. The van der Waals surface area contributed by atoms with Gasteiger partial charge >= 0.3 is 0 Å². The number of aldehydes is 1. The van der Waals surface area contributed by atoms with Crippen LogP contribution in [-0.2, 0) is 0 Å². The first kappa shape index (κ1) is 12.7. The molecule has 2 nitrogen and oxygen atoms in total. The summed E-state index contributed by atoms with van der Waals surface area (Å²) in [6.45, 7) is 6.19. The predicted octanol–water partition coefficient (Wildman–Crippen LogP) is 4.57. The van der Waals surface area contributed by atoms with Crippen molar-refractivity contribution in [3.8, 4) is 11.3 Å². The van der Waals surface area contributed by atoms with Gasteiger partial charge in [-0.25, -0.2) is 0 Å². The Morgan fingerprint density at radius 3 is 2.45 bits per heavy atom. The van der Waals surface area contributed by atoms with Crippen molar-refractivity contribution in [3.05, 3.63) is 58.7 Å². The molecule has 0 amide bonds. The predicted molar refractivity (Wildman–Crippen MR) is 83.3 cm³/mol. The zero-order valence-corrected chi connectivity index (χ0v) is 11.9. The van der Waals surface area contributed by atoms with E-state index >= 15 is 0 Å². The molecule has 0 saturated carbocycles. The van der Waals surface area contributed by atoms with Gasteiger partial charge in [0.15, 0.2) is 6.29 Å². The van der Waals surface area contributed by atoms with Crippen LogP contribution in [0.5, 0.6) is 0 Å². The molecule has 3 aromatic rings. The van der Waals surface area contributed by atoms with Gasteiger partial charge in [0.05, 0.1) is 5.69 Å². The van der Waals surface area contributed by atoms with Crippen molar-refractivity contribution in [2.24, 2.45) is 0 Å². The minimum Gasteiger partial charge on any atom is -0.354 e. The smallest absolute Gasteiger partial charge is 0.152 e. The van der Waals surface area contributed by atoms with Crippen molar-refractivity contribution < 1.29 is 4.79 Å². The fraction of sp³-hybridized carbons (Fsp3) is 0.167. The lowest BCUT2D eigenvalue weighted by atomic mass is 10.0. The van der Waals surface area contributed by atoms with Crippen molar-refractivity contribution in [2.75, 3.05) is 0 Å². The number of benzene rings is 2. The monoisotopic (exact) mass is 263 g/mol. The Kier molecular flexibility index (Phi) is 2.94. The van der Waals surface area contributed by atoms with Crippen LogP contribution in [0.3, 0.4) is 0 Å². The lowest BCUT2D eigenvalue weighted by molar-refractivity contribution is 0.112.